The molecule has 0 bridgehead atoms. The van der Waals surface area contributed by atoms with E-state index in [1.807, 2.05) is 6.20 Å². The Kier molecular flexibility index (Phi) is 3.29. The third kappa shape index (κ3) is 2.34. The molecule has 0 aromatic carbocycles. The molecule has 1 rings (SSSR count). The lowest BCUT2D eigenvalue weighted by molar-refractivity contribution is 0.693. The van der Waals surface area contributed by atoms with Crippen molar-refractivity contribution in [3.8, 4) is 0 Å². The minimum Gasteiger partial charge on any atom is -0.345 e. The van der Waals surface area contributed by atoms with Gasteiger partial charge in [-0.1, -0.05) is 20.8 Å². The first-order valence-electron chi connectivity index (χ1n) is 4.48. The summed E-state index contributed by atoms with van der Waals surface area (Å²) in [6.07, 6.45) is 1.91. The van der Waals surface area contributed by atoms with Gasteiger partial charge >= 0.3 is 0 Å². The minimum absolute atomic E-state index is 0.535. The van der Waals surface area contributed by atoms with Crippen molar-refractivity contribution >= 4 is 0 Å². The van der Waals surface area contributed by atoms with Gasteiger partial charge in [0.1, 0.15) is 5.82 Å². The van der Waals surface area contributed by atoms with Crippen LogP contribution in [0.1, 0.15) is 38.2 Å². The molecule has 1 aromatic rings. The monoisotopic (exact) mass is 167 g/mol. The Bertz CT molecular complexity index is 227. The van der Waals surface area contributed by atoms with E-state index in [0.29, 0.717) is 5.92 Å². The summed E-state index contributed by atoms with van der Waals surface area (Å²) in [5.41, 5.74) is 1.21. The molecule has 0 fully saturated rings. The first kappa shape index (κ1) is 9.26. The quantitative estimate of drug-likeness (QED) is 0.715. The van der Waals surface area contributed by atoms with E-state index >= 15 is 0 Å². The minimum atomic E-state index is 0.535. The van der Waals surface area contributed by atoms with E-state index in [2.05, 4.69) is 36.1 Å². The fourth-order valence-electron chi connectivity index (χ4n) is 1.01. The number of H-pyrrole nitrogens is 1. The lowest BCUT2D eigenvalue weighted by atomic mass is 10.2. The van der Waals surface area contributed by atoms with Crippen molar-refractivity contribution in [2.45, 2.75) is 33.2 Å². The number of rotatable bonds is 4. The fourth-order valence-corrected chi connectivity index (χ4v) is 1.01. The SMILES string of the molecule is CCNCc1ncc(C(C)C)[nH]1. The Morgan fingerprint density at radius 2 is 2.33 bits per heavy atom. The highest BCUT2D eigenvalue weighted by atomic mass is 15.0. The van der Waals surface area contributed by atoms with Crippen LogP contribution in [0.4, 0.5) is 0 Å². The van der Waals surface area contributed by atoms with Crippen molar-refractivity contribution in [2.24, 2.45) is 0 Å². The summed E-state index contributed by atoms with van der Waals surface area (Å²) < 4.78 is 0. The van der Waals surface area contributed by atoms with E-state index in [9.17, 15) is 0 Å². The molecule has 2 N–H and O–H groups in total. The number of hydrogen-bond acceptors (Lipinski definition) is 2. The summed E-state index contributed by atoms with van der Waals surface area (Å²) >= 11 is 0. The van der Waals surface area contributed by atoms with Gasteiger partial charge in [-0.05, 0) is 12.5 Å². The van der Waals surface area contributed by atoms with E-state index in [-0.39, 0.29) is 0 Å². The van der Waals surface area contributed by atoms with Crippen molar-refractivity contribution in [3.05, 3.63) is 17.7 Å². The number of hydrogen-bond donors (Lipinski definition) is 2. The molecule has 12 heavy (non-hydrogen) atoms. The Morgan fingerprint density at radius 1 is 1.58 bits per heavy atom. The summed E-state index contributed by atoms with van der Waals surface area (Å²) in [4.78, 5) is 7.53. The molecular weight excluding hydrogens is 150 g/mol. The number of nitrogens with zero attached hydrogens (tertiary/aromatic N) is 1. The van der Waals surface area contributed by atoms with Gasteiger partial charge in [-0.3, -0.25) is 0 Å². The molecule has 3 heteroatoms. The molecule has 0 spiro atoms. The van der Waals surface area contributed by atoms with E-state index in [1.165, 1.54) is 5.69 Å². The van der Waals surface area contributed by atoms with Crippen LogP contribution in [0.15, 0.2) is 6.20 Å². The molecule has 0 saturated heterocycles. The van der Waals surface area contributed by atoms with Crippen molar-refractivity contribution in [3.63, 3.8) is 0 Å². The fraction of sp³-hybridized carbons (Fsp3) is 0.667. The smallest absolute Gasteiger partial charge is 0.120 e. The summed E-state index contributed by atoms with van der Waals surface area (Å²) in [6, 6.07) is 0. The van der Waals surface area contributed by atoms with Crippen LogP contribution < -0.4 is 5.32 Å². The molecule has 1 heterocycles. The number of nitrogens with one attached hydrogen (secondary N) is 2. The summed E-state index contributed by atoms with van der Waals surface area (Å²) in [5.74, 6) is 1.56. The molecule has 0 amide bonds. The average molecular weight is 167 g/mol. The van der Waals surface area contributed by atoms with Gasteiger partial charge in [0.15, 0.2) is 0 Å². The molecule has 0 radical (unpaired) electrons. The van der Waals surface area contributed by atoms with Gasteiger partial charge in [0.05, 0.1) is 6.54 Å². The zero-order valence-electron chi connectivity index (χ0n) is 8.02. The lowest BCUT2D eigenvalue weighted by Gasteiger charge is -1.99. The highest BCUT2D eigenvalue weighted by Crippen LogP contribution is 2.10. The molecule has 0 unspecified atom stereocenters. The Morgan fingerprint density at radius 3 is 2.83 bits per heavy atom. The van der Waals surface area contributed by atoms with Crippen LogP contribution in [0.2, 0.25) is 0 Å². The highest BCUT2D eigenvalue weighted by molar-refractivity contribution is 5.05. The Balaban J connectivity index is 2.52. The van der Waals surface area contributed by atoms with Crippen LogP contribution in [0, 0.1) is 0 Å². The normalized spacial score (nSPS) is 11.0. The second-order valence-electron chi connectivity index (χ2n) is 3.22. The van der Waals surface area contributed by atoms with Gasteiger partial charge in [0, 0.05) is 11.9 Å². The molecular formula is C9H17N3. The average Bonchev–Trinajstić information content (AvgIpc) is 2.48. The Labute approximate surface area is 73.6 Å². The van der Waals surface area contributed by atoms with Crippen molar-refractivity contribution in [2.75, 3.05) is 6.54 Å². The van der Waals surface area contributed by atoms with Gasteiger partial charge in [-0.15, -0.1) is 0 Å². The van der Waals surface area contributed by atoms with Gasteiger partial charge < -0.3 is 10.3 Å². The second kappa shape index (κ2) is 4.26. The standard InChI is InChI=1S/C9H17N3/c1-4-10-6-9-11-5-8(12-9)7(2)3/h5,7,10H,4,6H2,1-3H3,(H,11,12). The maximum absolute atomic E-state index is 4.26. The molecule has 0 saturated carbocycles. The molecule has 68 valence electrons. The first-order chi connectivity index (χ1) is 5.74. The van der Waals surface area contributed by atoms with Crippen LogP contribution in [0.25, 0.3) is 0 Å². The van der Waals surface area contributed by atoms with E-state index < -0.39 is 0 Å². The predicted octanol–water partition coefficient (Wildman–Crippen LogP) is 1.64. The number of imidazole rings is 1. The molecule has 1 aromatic heterocycles. The van der Waals surface area contributed by atoms with Gasteiger partial charge in [0.25, 0.3) is 0 Å². The van der Waals surface area contributed by atoms with Gasteiger partial charge in [-0.2, -0.15) is 0 Å². The van der Waals surface area contributed by atoms with Crippen LogP contribution >= 0.6 is 0 Å². The van der Waals surface area contributed by atoms with Gasteiger partial charge in [0.2, 0.25) is 0 Å². The van der Waals surface area contributed by atoms with Crippen LogP contribution in [-0.4, -0.2) is 16.5 Å². The second-order valence-corrected chi connectivity index (χ2v) is 3.22. The topological polar surface area (TPSA) is 40.7 Å². The third-order valence-corrected chi connectivity index (χ3v) is 1.81. The van der Waals surface area contributed by atoms with Crippen molar-refractivity contribution < 1.29 is 0 Å². The number of aromatic amines is 1. The molecule has 0 aliphatic rings. The third-order valence-electron chi connectivity index (χ3n) is 1.81. The summed E-state index contributed by atoms with van der Waals surface area (Å²) in [5, 5.41) is 3.22. The van der Waals surface area contributed by atoms with E-state index in [0.717, 1.165) is 18.9 Å². The largest absolute Gasteiger partial charge is 0.345 e. The predicted molar refractivity (Wildman–Crippen MR) is 50.1 cm³/mol. The molecule has 0 aliphatic heterocycles. The summed E-state index contributed by atoms with van der Waals surface area (Å²) in [7, 11) is 0. The van der Waals surface area contributed by atoms with Crippen LogP contribution in [-0.2, 0) is 6.54 Å². The highest BCUT2D eigenvalue weighted by Gasteiger charge is 2.02. The summed E-state index contributed by atoms with van der Waals surface area (Å²) in [6.45, 7) is 8.22. The van der Waals surface area contributed by atoms with Gasteiger partial charge in [-0.25, -0.2) is 4.98 Å². The zero-order chi connectivity index (χ0) is 8.97. The molecule has 0 aliphatic carbocycles. The molecule has 3 nitrogen and oxygen atoms in total. The first-order valence-corrected chi connectivity index (χ1v) is 4.48. The van der Waals surface area contributed by atoms with Crippen LogP contribution in [0.5, 0.6) is 0 Å². The maximum Gasteiger partial charge on any atom is 0.120 e. The Hall–Kier alpha value is -0.830. The van der Waals surface area contributed by atoms with E-state index in [1.54, 1.807) is 0 Å². The number of aromatic nitrogens is 2. The maximum atomic E-state index is 4.26. The molecule has 0 atom stereocenters. The van der Waals surface area contributed by atoms with Crippen molar-refractivity contribution in [1.82, 2.24) is 15.3 Å². The van der Waals surface area contributed by atoms with E-state index in [4.69, 9.17) is 0 Å². The zero-order valence-corrected chi connectivity index (χ0v) is 8.02. The lowest BCUT2D eigenvalue weighted by Crippen LogP contribution is -2.12. The van der Waals surface area contributed by atoms with Crippen molar-refractivity contribution in [1.29, 1.82) is 0 Å². The van der Waals surface area contributed by atoms with Crippen LogP contribution in [0.3, 0.4) is 0 Å².